The molecule has 144 valence electrons. The zero-order valence-corrected chi connectivity index (χ0v) is 14.4. The van der Waals surface area contributed by atoms with Gasteiger partial charge in [-0.1, -0.05) is 30.3 Å². The topological polar surface area (TPSA) is 70.4 Å². The summed E-state index contributed by atoms with van der Waals surface area (Å²) < 4.78 is 39.8. The fraction of sp³-hybridized carbons (Fsp3) is 0.444. The van der Waals surface area contributed by atoms with Crippen LogP contribution in [-0.4, -0.2) is 44.8 Å². The summed E-state index contributed by atoms with van der Waals surface area (Å²) >= 11 is 0. The average Bonchev–Trinajstić information content (AvgIpc) is 3.24. The quantitative estimate of drug-likeness (QED) is 0.631. The van der Waals surface area contributed by atoms with Crippen molar-refractivity contribution in [1.29, 1.82) is 0 Å². The molecule has 27 heavy (non-hydrogen) atoms. The predicted molar refractivity (Wildman–Crippen MR) is 88.9 cm³/mol. The first-order valence-corrected chi connectivity index (χ1v) is 8.71. The van der Waals surface area contributed by atoms with Crippen LogP contribution < -0.4 is 5.48 Å². The van der Waals surface area contributed by atoms with Crippen LogP contribution in [0.3, 0.4) is 0 Å². The number of imidazole rings is 1. The summed E-state index contributed by atoms with van der Waals surface area (Å²) in [6.45, 7) is -0.104. The van der Waals surface area contributed by atoms with Crippen LogP contribution in [0.25, 0.3) is 0 Å². The molecule has 0 radical (unpaired) electrons. The van der Waals surface area contributed by atoms with E-state index in [2.05, 4.69) is 4.98 Å². The number of aromatic nitrogens is 2. The average molecular weight is 380 g/mol. The predicted octanol–water partition coefficient (Wildman–Crippen LogP) is 2.26. The fourth-order valence-corrected chi connectivity index (χ4v) is 4.04. The zero-order chi connectivity index (χ0) is 19.2. The summed E-state index contributed by atoms with van der Waals surface area (Å²) in [5, 5.41) is 9.04. The molecule has 0 bridgehead atoms. The van der Waals surface area contributed by atoms with Gasteiger partial charge in [-0.25, -0.2) is 10.5 Å². The Hall–Kier alpha value is -2.39. The molecule has 1 amide bonds. The van der Waals surface area contributed by atoms with Gasteiger partial charge in [-0.05, 0) is 5.56 Å². The minimum Gasteiger partial charge on any atom is -0.332 e. The Labute approximate surface area is 153 Å². The third-order valence-corrected chi connectivity index (χ3v) is 5.26. The van der Waals surface area contributed by atoms with Crippen molar-refractivity contribution in [3.05, 3.63) is 53.6 Å². The lowest BCUT2D eigenvalue weighted by molar-refractivity contribution is -0.148. The second-order valence-electron chi connectivity index (χ2n) is 7.07. The van der Waals surface area contributed by atoms with Crippen molar-refractivity contribution in [3.8, 4) is 0 Å². The molecular weight excluding hydrogens is 361 g/mol. The Morgan fingerprint density at radius 2 is 1.96 bits per heavy atom. The zero-order valence-electron chi connectivity index (χ0n) is 14.4. The number of nitrogens with one attached hydrogen (secondary N) is 1. The standard InChI is InChI=1S/C18H19F3N4O2/c19-18(20,21)10-24-6-7-25-8-12(22-13(25)9-24)15-14(16(15)17(26)23-27)11-4-2-1-3-5-11/h1-5,8,14-16,27H,6-7,9-10H2,(H,23,26)/t14-,15-,16-/m1/s1. The van der Waals surface area contributed by atoms with E-state index in [-0.39, 0.29) is 18.4 Å². The Morgan fingerprint density at radius 3 is 2.63 bits per heavy atom. The molecular formula is C18H19F3N4O2. The molecule has 1 fully saturated rings. The number of nitrogens with zero attached hydrogens (tertiary/aromatic N) is 3. The minimum atomic E-state index is -4.24. The minimum absolute atomic E-state index is 0.110. The molecule has 2 aromatic rings. The van der Waals surface area contributed by atoms with Gasteiger partial charge < -0.3 is 4.57 Å². The van der Waals surface area contributed by atoms with Crippen LogP contribution in [0.5, 0.6) is 0 Å². The van der Waals surface area contributed by atoms with Crippen LogP contribution >= 0.6 is 0 Å². The number of carbonyl (C=O) groups excluding carboxylic acids is 1. The van der Waals surface area contributed by atoms with Gasteiger partial charge in [0.15, 0.2) is 0 Å². The molecule has 0 spiro atoms. The second kappa shape index (κ2) is 6.65. The van der Waals surface area contributed by atoms with Crippen molar-refractivity contribution in [3.63, 3.8) is 0 Å². The first-order chi connectivity index (χ1) is 12.9. The van der Waals surface area contributed by atoms with E-state index in [1.807, 2.05) is 41.1 Å². The van der Waals surface area contributed by atoms with Gasteiger partial charge >= 0.3 is 6.18 Å². The summed E-state index contributed by atoms with van der Waals surface area (Å²) in [5.74, 6) is -0.656. The number of hydroxylamine groups is 1. The molecule has 0 saturated heterocycles. The molecule has 6 nitrogen and oxygen atoms in total. The lowest BCUT2D eigenvalue weighted by Crippen LogP contribution is -2.39. The summed E-state index contributed by atoms with van der Waals surface area (Å²) in [6, 6.07) is 9.48. The van der Waals surface area contributed by atoms with Crippen LogP contribution in [0.2, 0.25) is 0 Å². The van der Waals surface area contributed by atoms with Crippen LogP contribution in [0, 0.1) is 5.92 Å². The molecule has 1 aliphatic carbocycles. The van der Waals surface area contributed by atoms with Gasteiger partial charge in [0.1, 0.15) is 5.82 Å². The Morgan fingerprint density at radius 1 is 1.22 bits per heavy atom. The van der Waals surface area contributed by atoms with Crippen molar-refractivity contribution >= 4 is 5.91 Å². The molecule has 2 heterocycles. The van der Waals surface area contributed by atoms with E-state index >= 15 is 0 Å². The Kier molecular flexibility index (Phi) is 4.43. The van der Waals surface area contributed by atoms with Crippen molar-refractivity contribution in [2.24, 2.45) is 5.92 Å². The molecule has 2 N–H and O–H groups in total. The van der Waals surface area contributed by atoms with Gasteiger partial charge in [-0.15, -0.1) is 0 Å². The van der Waals surface area contributed by atoms with Crippen LogP contribution in [-0.2, 0) is 17.9 Å². The highest BCUT2D eigenvalue weighted by atomic mass is 19.4. The Balaban J connectivity index is 1.56. The summed E-state index contributed by atoms with van der Waals surface area (Å²) in [6.07, 6.45) is -2.41. The lowest BCUT2D eigenvalue weighted by atomic mass is 10.1. The van der Waals surface area contributed by atoms with Gasteiger partial charge in [-0.2, -0.15) is 13.2 Å². The van der Waals surface area contributed by atoms with Gasteiger partial charge in [-0.3, -0.25) is 14.9 Å². The van der Waals surface area contributed by atoms with Gasteiger partial charge in [0, 0.05) is 31.1 Å². The number of alkyl halides is 3. The first kappa shape index (κ1) is 18.0. The number of benzene rings is 1. The first-order valence-electron chi connectivity index (χ1n) is 8.71. The number of hydrogen-bond acceptors (Lipinski definition) is 4. The van der Waals surface area contributed by atoms with Crippen LogP contribution in [0.4, 0.5) is 13.2 Å². The molecule has 9 heteroatoms. The normalized spacial score (nSPS) is 25.1. The molecule has 1 aromatic heterocycles. The van der Waals surface area contributed by atoms with E-state index < -0.39 is 24.5 Å². The highest BCUT2D eigenvalue weighted by molar-refractivity contribution is 5.84. The van der Waals surface area contributed by atoms with Crippen LogP contribution in [0.1, 0.15) is 28.9 Å². The van der Waals surface area contributed by atoms with E-state index in [9.17, 15) is 18.0 Å². The lowest BCUT2D eigenvalue weighted by Gasteiger charge is -2.27. The molecule has 1 saturated carbocycles. The van der Waals surface area contributed by atoms with E-state index in [1.165, 1.54) is 4.90 Å². The van der Waals surface area contributed by atoms with Gasteiger partial charge in [0.05, 0.1) is 24.7 Å². The monoisotopic (exact) mass is 380 g/mol. The number of hydrogen-bond donors (Lipinski definition) is 2. The fourth-order valence-electron chi connectivity index (χ4n) is 4.04. The highest BCUT2D eigenvalue weighted by Crippen LogP contribution is 2.60. The summed E-state index contributed by atoms with van der Waals surface area (Å²) in [4.78, 5) is 17.9. The number of rotatable bonds is 4. The van der Waals surface area contributed by atoms with Crippen molar-refractivity contribution in [1.82, 2.24) is 19.9 Å². The van der Waals surface area contributed by atoms with Crippen molar-refractivity contribution in [2.75, 3.05) is 13.1 Å². The smallest absolute Gasteiger partial charge is 0.332 e. The van der Waals surface area contributed by atoms with E-state index in [4.69, 9.17) is 5.21 Å². The highest BCUT2D eigenvalue weighted by Gasteiger charge is 2.57. The summed E-state index contributed by atoms with van der Waals surface area (Å²) in [7, 11) is 0. The third kappa shape index (κ3) is 3.57. The van der Waals surface area contributed by atoms with E-state index in [1.54, 1.807) is 5.48 Å². The molecule has 2 aliphatic rings. The second-order valence-corrected chi connectivity index (χ2v) is 7.07. The molecule has 4 rings (SSSR count). The van der Waals surface area contributed by atoms with E-state index in [0.29, 0.717) is 24.6 Å². The van der Waals surface area contributed by atoms with E-state index in [0.717, 1.165) is 5.56 Å². The van der Waals surface area contributed by atoms with Crippen molar-refractivity contribution in [2.45, 2.75) is 31.1 Å². The van der Waals surface area contributed by atoms with Crippen molar-refractivity contribution < 1.29 is 23.2 Å². The maximum Gasteiger partial charge on any atom is 0.401 e. The van der Waals surface area contributed by atoms with Gasteiger partial charge in [0.2, 0.25) is 5.91 Å². The third-order valence-electron chi connectivity index (χ3n) is 5.26. The maximum absolute atomic E-state index is 12.6. The molecule has 1 aromatic carbocycles. The molecule has 0 unspecified atom stereocenters. The number of fused-ring (bicyclic) bond motifs is 1. The largest absolute Gasteiger partial charge is 0.401 e. The molecule has 1 aliphatic heterocycles. The van der Waals surface area contributed by atoms with Crippen LogP contribution in [0.15, 0.2) is 36.5 Å². The number of amides is 1. The van der Waals surface area contributed by atoms with Gasteiger partial charge in [0.25, 0.3) is 0 Å². The SMILES string of the molecule is O=C(NO)[C@@H]1[C@H](c2ccccc2)[C@H]1c1cn2c(n1)CN(CC(F)(F)F)CC2. The maximum atomic E-state index is 12.6. The Bertz CT molecular complexity index is 837. The summed E-state index contributed by atoms with van der Waals surface area (Å²) in [5.41, 5.74) is 3.37. The number of carbonyl (C=O) groups is 1. The molecule has 3 atom stereocenters. The number of halogens is 3.